The van der Waals surface area contributed by atoms with Crippen LogP contribution in [0.1, 0.15) is 239 Å². The molecule has 0 N–H and O–H groups in total. The van der Waals surface area contributed by atoms with E-state index in [1.807, 2.05) is 0 Å². The fourth-order valence-corrected chi connectivity index (χ4v) is 7.24. The highest BCUT2D eigenvalue weighted by atomic mass is 16.6. The summed E-state index contributed by atoms with van der Waals surface area (Å²) in [6, 6.07) is 0. The maximum atomic E-state index is 12.8. The molecule has 1 atom stereocenters. The first-order valence-corrected chi connectivity index (χ1v) is 27.4. The standard InChI is InChI=1S/C61H100O6/c1-4-7-10-13-16-19-22-25-27-29-31-33-34-36-39-42-45-48-51-54-60(63)66-57-58(56-65-59(62)53-50-47-44-41-38-24-21-18-15-12-9-6-3)67-61(64)55-52-49-46-43-40-37-35-32-30-28-26-23-20-17-14-11-8-5-2/h7,10,16-17,19-20,23,25-28,30-33,35-36,39,58H,4-6,8-9,11-15,18,21-22,24,29,34,37-38,40-57H2,1-3H3/b10-7-,19-16-,20-17-,26-23-,27-25-,30-28-,33-31-,35-32-,39-36-. The van der Waals surface area contributed by atoms with Gasteiger partial charge >= 0.3 is 17.9 Å². The SMILES string of the molecule is CC/C=C\C/C=C\C/C=C\C/C=C\C/C=C\CCCCCC(=O)OCC(COC(=O)CCCCCCCCCCCCCC)OC(=O)CCCCCCC\C=C/C=C\C=C/C=C\CCCCC. The van der Waals surface area contributed by atoms with Crippen LogP contribution in [-0.4, -0.2) is 37.2 Å². The van der Waals surface area contributed by atoms with Crippen molar-refractivity contribution in [1.29, 1.82) is 0 Å². The van der Waals surface area contributed by atoms with Crippen LogP contribution in [0.5, 0.6) is 0 Å². The van der Waals surface area contributed by atoms with Gasteiger partial charge in [0, 0.05) is 19.3 Å². The van der Waals surface area contributed by atoms with Crippen LogP contribution < -0.4 is 0 Å². The fourth-order valence-electron chi connectivity index (χ4n) is 7.24. The average molecular weight is 929 g/mol. The maximum absolute atomic E-state index is 12.8. The van der Waals surface area contributed by atoms with Crippen LogP contribution in [0.4, 0.5) is 0 Å². The lowest BCUT2D eigenvalue weighted by atomic mass is 10.0. The van der Waals surface area contributed by atoms with Crippen molar-refractivity contribution in [3.05, 3.63) is 109 Å². The molecule has 0 aliphatic carbocycles. The summed E-state index contributed by atoms with van der Waals surface area (Å²) in [7, 11) is 0. The normalized spacial score (nSPS) is 12.9. The summed E-state index contributed by atoms with van der Waals surface area (Å²) in [5.74, 6) is -0.957. The number of carbonyl (C=O) groups is 3. The fraction of sp³-hybridized carbons (Fsp3) is 0.656. The van der Waals surface area contributed by atoms with Crippen molar-refractivity contribution in [2.75, 3.05) is 13.2 Å². The molecule has 0 rings (SSSR count). The molecule has 6 nitrogen and oxygen atoms in total. The lowest BCUT2D eigenvalue weighted by Gasteiger charge is -2.18. The third kappa shape index (κ3) is 52.9. The van der Waals surface area contributed by atoms with E-state index in [2.05, 4.69) is 130 Å². The molecule has 0 amide bonds. The Labute approximate surface area is 412 Å². The molecule has 0 aromatic rings. The first-order chi connectivity index (χ1) is 33.0. The minimum Gasteiger partial charge on any atom is -0.462 e. The maximum Gasteiger partial charge on any atom is 0.306 e. The molecule has 1 unspecified atom stereocenters. The molecule has 0 spiro atoms. The van der Waals surface area contributed by atoms with Crippen LogP contribution in [0.15, 0.2) is 109 Å². The zero-order valence-electron chi connectivity index (χ0n) is 43.4. The van der Waals surface area contributed by atoms with Crippen molar-refractivity contribution in [3.8, 4) is 0 Å². The average Bonchev–Trinajstić information content (AvgIpc) is 3.33. The van der Waals surface area contributed by atoms with Gasteiger partial charge in [0.1, 0.15) is 13.2 Å². The summed E-state index contributed by atoms with van der Waals surface area (Å²) in [5, 5.41) is 0. The van der Waals surface area contributed by atoms with E-state index in [-0.39, 0.29) is 31.1 Å². The number of esters is 3. The number of ether oxygens (including phenoxy) is 3. The molecule has 0 aliphatic heterocycles. The quantitative estimate of drug-likeness (QED) is 0.0199. The molecular weight excluding hydrogens is 829 g/mol. The molecule has 0 aliphatic rings. The van der Waals surface area contributed by atoms with Crippen molar-refractivity contribution in [3.63, 3.8) is 0 Å². The van der Waals surface area contributed by atoms with E-state index in [4.69, 9.17) is 14.2 Å². The molecule has 0 radical (unpaired) electrons. The number of carbonyl (C=O) groups excluding carboxylic acids is 3. The topological polar surface area (TPSA) is 78.9 Å². The summed E-state index contributed by atoms with van der Waals surface area (Å²) >= 11 is 0. The van der Waals surface area contributed by atoms with Crippen molar-refractivity contribution in [2.24, 2.45) is 0 Å². The minimum absolute atomic E-state index is 0.0987. The molecule has 380 valence electrons. The third-order valence-corrected chi connectivity index (χ3v) is 11.4. The number of allylic oxidation sites excluding steroid dienone is 18. The van der Waals surface area contributed by atoms with E-state index in [9.17, 15) is 14.4 Å². The zero-order chi connectivity index (χ0) is 48.6. The van der Waals surface area contributed by atoms with Crippen LogP contribution in [0, 0.1) is 0 Å². The van der Waals surface area contributed by atoms with Gasteiger partial charge in [-0.3, -0.25) is 14.4 Å². The summed E-state index contributed by atoms with van der Waals surface area (Å²) in [4.78, 5) is 38.1. The van der Waals surface area contributed by atoms with Crippen LogP contribution in [0.2, 0.25) is 0 Å². The summed E-state index contributed by atoms with van der Waals surface area (Å²) < 4.78 is 16.8. The molecule has 0 heterocycles. The Kier molecular flexibility index (Phi) is 51.5. The highest BCUT2D eigenvalue weighted by molar-refractivity contribution is 5.71. The second kappa shape index (κ2) is 54.7. The number of rotatable bonds is 48. The Morgan fingerprint density at radius 3 is 1.09 bits per heavy atom. The zero-order valence-corrected chi connectivity index (χ0v) is 43.4. The van der Waals surface area contributed by atoms with E-state index in [1.165, 1.54) is 77.0 Å². The van der Waals surface area contributed by atoms with Gasteiger partial charge in [-0.2, -0.15) is 0 Å². The molecule has 0 saturated heterocycles. The second-order valence-corrected chi connectivity index (χ2v) is 17.9. The lowest BCUT2D eigenvalue weighted by molar-refractivity contribution is -0.167. The highest BCUT2D eigenvalue weighted by Gasteiger charge is 2.19. The minimum atomic E-state index is -0.805. The molecule has 67 heavy (non-hydrogen) atoms. The second-order valence-electron chi connectivity index (χ2n) is 17.9. The Morgan fingerprint density at radius 2 is 0.642 bits per heavy atom. The van der Waals surface area contributed by atoms with Crippen LogP contribution in [0.25, 0.3) is 0 Å². The van der Waals surface area contributed by atoms with Gasteiger partial charge < -0.3 is 14.2 Å². The molecule has 0 saturated carbocycles. The van der Waals surface area contributed by atoms with Crippen LogP contribution in [0.3, 0.4) is 0 Å². The van der Waals surface area contributed by atoms with Crippen LogP contribution in [-0.2, 0) is 28.6 Å². The van der Waals surface area contributed by atoms with Gasteiger partial charge in [0.2, 0.25) is 0 Å². The molecule has 0 aromatic carbocycles. The third-order valence-electron chi connectivity index (χ3n) is 11.4. The van der Waals surface area contributed by atoms with Gasteiger partial charge in [-0.1, -0.05) is 239 Å². The van der Waals surface area contributed by atoms with E-state index < -0.39 is 6.10 Å². The summed E-state index contributed by atoms with van der Waals surface area (Å²) in [6.45, 7) is 6.43. The molecule has 0 bridgehead atoms. The van der Waals surface area contributed by atoms with Gasteiger partial charge in [-0.25, -0.2) is 0 Å². The highest BCUT2D eigenvalue weighted by Crippen LogP contribution is 2.14. The van der Waals surface area contributed by atoms with Crippen molar-refractivity contribution in [1.82, 2.24) is 0 Å². The first-order valence-electron chi connectivity index (χ1n) is 27.4. The van der Waals surface area contributed by atoms with Gasteiger partial charge in [0.15, 0.2) is 6.10 Å². The van der Waals surface area contributed by atoms with Crippen molar-refractivity contribution in [2.45, 2.75) is 245 Å². The van der Waals surface area contributed by atoms with Crippen LogP contribution >= 0.6 is 0 Å². The van der Waals surface area contributed by atoms with E-state index in [0.717, 1.165) is 122 Å². The molecule has 0 aromatic heterocycles. The van der Waals surface area contributed by atoms with E-state index >= 15 is 0 Å². The van der Waals surface area contributed by atoms with Gasteiger partial charge in [-0.15, -0.1) is 0 Å². The van der Waals surface area contributed by atoms with E-state index in [0.29, 0.717) is 19.3 Å². The van der Waals surface area contributed by atoms with Crippen molar-refractivity contribution < 1.29 is 28.6 Å². The number of hydrogen-bond donors (Lipinski definition) is 0. The van der Waals surface area contributed by atoms with Gasteiger partial charge in [-0.05, 0) is 89.9 Å². The molecular formula is C61H100O6. The Hall–Kier alpha value is -3.93. The van der Waals surface area contributed by atoms with Gasteiger partial charge in [0.25, 0.3) is 0 Å². The Balaban J connectivity index is 4.50. The summed E-state index contributed by atoms with van der Waals surface area (Å²) in [5.41, 5.74) is 0. The van der Waals surface area contributed by atoms with E-state index in [1.54, 1.807) is 0 Å². The predicted octanol–water partition coefficient (Wildman–Crippen LogP) is 18.3. The molecule has 0 fully saturated rings. The first kappa shape index (κ1) is 63.1. The largest absolute Gasteiger partial charge is 0.462 e. The Bertz CT molecular complexity index is 1390. The smallest absolute Gasteiger partial charge is 0.306 e. The lowest BCUT2D eigenvalue weighted by Crippen LogP contribution is -2.30. The van der Waals surface area contributed by atoms with Crippen molar-refractivity contribution >= 4 is 17.9 Å². The van der Waals surface area contributed by atoms with Gasteiger partial charge in [0.05, 0.1) is 0 Å². The molecule has 6 heteroatoms. The number of hydrogen-bond acceptors (Lipinski definition) is 6. The number of unbranched alkanes of at least 4 members (excludes halogenated alkanes) is 22. The Morgan fingerprint density at radius 1 is 0.328 bits per heavy atom. The predicted molar refractivity (Wildman–Crippen MR) is 288 cm³/mol. The summed E-state index contributed by atoms with van der Waals surface area (Å²) in [6.07, 6.45) is 73.5. The monoisotopic (exact) mass is 929 g/mol.